The van der Waals surface area contributed by atoms with Crippen molar-refractivity contribution < 1.29 is 14.1 Å². The van der Waals surface area contributed by atoms with Crippen LogP contribution in [0.4, 0.5) is 0 Å². The number of likely N-dealkylation sites (tertiary alicyclic amines) is 2. The molecule has 2 aliphatic rings. The molecule has 6 heteroatoms. The van der Waals surface area contributed by atoms with Crippen LogP contribution in [-0.2, 0) is 0 Å². The van der Waals surface area contributed by atoms with Gasteiger partial charge in [-0.1, -0.05) is 17.3 Å². The van der Waals surface area contributed by atoms with Crippen molar-refractivity contribution in [2.24, 2.45) is 11.8 Å². The SMILES string of the molecule is COc1ccc([C@H]2[C@@H]3CN(C(=O)c4ccon4)C[C@@H]3CN2C)cc1. The van der Waals surface area contributed by atoms with Crippen molar-refractivity contribution in [1.82, 2.24) is 15.0 Å². The molecule has 6 nitrogen and oxygen atoms in total. The van der Waals surface area contributed by atoms with E-state index in [9.17, 15) is 4.79 Å². The van der Waals surface area contributed by atoms with E-state index in [-0.39, 0.29) is 5.91 Å². The summed E-state index contributed by atoms with van der Waals surface area (Å²) in [7, 11) is 3.84. The van der Waals surface area contributed by atoms with Gasteiger partial charge in [0.05, 0.1) is 7.11 Å². The largest absolute Gasteiger partial charge is 0.497 e. The number of hydrogen-bond acceptors (Lipinski definition) is 5. The smallest absolute Gasteiger partial charge is 0.276 e. The van der Waals surface area contributed by atoms with Gasteiger partial charge in [0.15, 0.2) is 5.69 Å². The topological polar surface area (TPSA) is 58.8 Å². The van der Waals surface area contributed by atoms with Gasteiger partial charge < -0.3 is 14.2 Å². The lowest BCUT2D eigenvalue weighted by Crippen LogP contribution is -2.33. The maximum Gasteiger partial charge on any atom is 0.276 e. The second kappa shape index (κ2) is 5.94. The van der Waals surface area contributed by atoms with E-state index in [2.05, 4.69) is 29.2 Å². The number of nitrogens with zero attached hydrogens (tertiary/aromatic N) is 3. The van der Waals surface area contributed by atoms with Crippen LogP contribution < -0.4 is 4.74 Å². The van der Waals surface area contributed by atoms with E-state index in [1.165, 1.54) is 11.8 Å². The number of ether oxygens (including phenoxy) is 1. The lowest BCUT2D eigenvalue weighted by molar-refractivity contribution is 0.0757. The summed E-state index contributed by atoms with van der Waals surface area (Å²) in [6, 6.07) is 10.2. The van der Waals surface area contributed by atoms with Crippen molar-refractivity contribution in [2.75, 3.05) is 33.8 Å². The Bertz CT molecular complexity index is 714. The standard InChI is InChI=1S/C18H21N3O3/c1-20-9-13-10-21(18(22)16-7-8-24-19-16)11-15(13)17(20)12-3-5-14(23-2)6-4-12/h3-8,13,15,17H,9-11H2,1-2H3/t13-,15+,17-/m0/s1. The molecule has 0 aliphatic carbocycles. The van der Waals surface area contributed by atoms with E-state index in [0.29, 0.717) is 23.6 Å². The average molecular weight is 327 g/mol. The Morgan fingerprint density at radius 3 is 2.67 bits per heavy atom. The van der Waals surface area contributed by atoms with Crippen LogP contribution in [0.5, 0.6) is 5.75 Å². The highest BCUT2D eigenvalue weighted by molar-refractivity contribution is 5.92. The van der Waals surface area contributed by atoms with Crippen LogP contribution >= 0.6 is 0 Å². The number of methoxy groups -OCH3 is 1. The molecule has 0 N–H and O–H groups in total. The van der Waals surface area contributed by atoms with Crippen molar-refractivity contribution >= 4 is 5.91 Å². The monoisotopic (exact) mass is 327 g/mol. The molecule has 0 radical (unpaired) electrons. The molecule has 2 fully saturated rings. The molecule has 1 aromatic heterocycles. The first-order valence-electron chi connectivity index (χ1n) is 8.21. The molecule has 0 unspecified atom stereocenters. The quantitative estimate of drug-likeness (QED) is 0.864. The summed E-state index contributed by atoms with van der Waals surface area (Å²) >= 11 is 0. The fourth-order valence-electron chi connectivity index (χ4n) is 4.21. The summed E-state index contributed by atoms with van der Waals surface area (Å²) in [5, 5.41) is 3.78. The molecule has 0 spiro atoms. The summed E-state index contributed by atoms with van der Waals surface area (Å²) in [6.45, 7) is 2.55. The van der Waals surface area contributed by atoms with E-state index >= 15 is 0 Å². The normalized spacial score (nSPS) is 26.6. The van der Waals surface area contributed by atoms with Crippen LogP contribution in [-0.4, -0.2) is 54.7 Å². The number of carbonyl (C=O) groups is 1. The molecule has 1 aromatic carbocycles. The van der Waals surface area contributed by atoms with E-state index in [1.54, 1.807) is 13.2 Å². The van der Waals surface area contributed by atoms with E-state index in [4.69, 9.17) is 9.26 Å². The number of rotatable bonds is 3. The van der Waals surface area contributed by atoms with Gasteiger partial charge in [-0.3, -0.25) is 9.69 Å². The zero-order valence-corrected chi connectivity index (χ0v) is 13.9. The van der Waals surface area contributed by atoms with E-state index in [0.717, 1.165) is 25.4 Å². The van der Waals surface area contributed by atoms with Gasteiger partial charge in [-0.05, 0) is 30.7 Å². The van der Waals surface area contributed by atoms with Gasteiger partial charge in [-0.2, -0.15) is 0 Å². The molecule has 2 aromatic rings. The highest BCUT2D eigenvalue weighted by Crippen LogP contribution is 2.44. The predicted octanol–water partition coefficient (Wildman–Crippen LogP) is 2.06. The van der Waals surface area contributed by atoms with Gasteiger partial charge >= 0.3 is 0 Å². The Morgan fingerprint density at radius 2 is 2.00 bits per heavy atom. The van der Waals surface area contributed by atoms with Crippen LogP contribution in [0.3, 0.4) is 0 Å². The van der Waals surface area contributed by atoms with Crippen molar-refractivity contribution in [3.63, 3.8) is 0 Å². The second-order valence-corrected chi connectivity index (χ2v) is 6.68. The second-order valence-electron chi connectivity index (χ2n) is 6.68. The Balaban J connectivity index is 1.54. The molecule has 0 saturated carbocycles. The fourth-order valence-corrected chi connectivity index (χ4v) is 4.21. The first-order chi connectivity index (χ1) is 11.7. The molecular formula is C18H21N3O3. The van der Waals surface area contributed by atoms with Crippen molar-refractivity contribution in [3.05, 3.63) is 47.9 Å². The maximum atomic E-state index is 12.5. The molecule has 4 rings (SSSR count). The molecule has 2 saturated heterocycles. The zero-order chi connectivity index (χ0) is 16.7. The number of fused-ring (bicyclic) bond motifs is 1. The highest BCUT2D eigenvalue weighted by Gasteiger charge is 2.47. The third-order valence-electron chi connectivity index (χ3n) is 5.30. The van der Waals surface area contributed by atoms with E-state index < -0.39 is 0 Å². The van der Waals surface area contributed by atoms with Gasteiger partial charge in [0.25, 0.3) is 5.91 Å². The minimum Gasteiger partial charge on any atom is -0.497 e. The minimum atomic E-state index is -0.0331. The lowest BCUT2D eigenvalue weighted by Gasteiger charge is -2.26. The molecule has 2 aliphatic heterocycles. The molecule has 1 amide bonds. The third kappa shape index (κ3) is 2.47. The average Bonchev–Trinajstić information content (AvgIpc) is 3.30. The predicted molar refractivity (Wildman–Crippen MR) is 87.8 cm³/mol. The van der Waals surface area contributed by atoms with Crippen molar-refractivity contribution in [1.29, 1.82) is 0 Å². The van der Waals surface area contributed by atoms with Gasteiger partial charge in [0.1, 0.15) is 12.0 Å². The van der Waals surface area contributed by atoms with Crippen LogP contribution in [0.25, 0.3) is 0 Å². The summed E-state index contributed by atoms with van der Waals surface area (Å²) in [4.78, 5) is 16.8. The number of amides is 1. The maximum absolute atomic E-state index is 12.5. The zero-order valence-electron chi connectivity index (χ0n) is 13.9. The molecule has 3 atom stereocenters. The van der Waals surface area contributed by atoms with Crippen LogP contribution in [0.2, 0.25) is 0 Å². The van der Waals surface area contributed by atoms with Crippen molar-refractivity contribution in [2.45, 2.75) is 6.04 Å². The highest BCUT2D eigenvalue weighted by atomic mass is 16.5. The summed E-state index contributed by atoms with van der Waals surface area (Å²) in [6.07, 6.45) is 1.44. The van der Waals surface area contributed by atoms with Gasteiger partial charge in [0.2, 0.25) is 0 Å². The molecule has 0 bridgehead atoms. The van der Waals surface area contributed by atoms with Gasteiger partial charge in [0, 0.05) is 37.7 Å². The van der Waals surface area contributed by atoms with Gasteiger partial charge in [-0.15, -0.1) is 0 Å². The minimum absolute atomic E-state index is 0.0331. The first-order valence-corrected chi connectivity index (χ1v) is 8.21. The first kappa shape index (κ1) is 15.2. The summed E-state index contributed by atoms with van der Waals surface area (Å²) in [5.74, 6) is 1.77. The third-order valence-corrected chi connectivity index (χ3v) is 5.30. The van der Waals surface area contributed by atoms with E-state index in [1.807, 2.05) is 17.0 Å². The lowest BCUT2D eigenvalue weighted by atomic mass is 9.89. The summed E-state index contributed by atoms with van der Waals surface area (Å²) in [5.41, 5.74) is 1.67. The van der Waals surface area contributed by atoms with Crippen LogP contribution in [0.15, 0.2) is 41.1 Å². The Morgan fingerprint density at radius 1 is 1.21 bits per heavy atom. The number of aromatic nitrogens is 1. The van der Waals surface area contributed by atoms with Crippen LogP contribution in [0.1, 0.15) is 22.1 Å². The number of hydrogen-bond donors (Lipinski definition) is 0. The van der Waals surface area contributed by atoms with Crippen LogP contribution in [0, 0.1) is 11.8 Å². The fraction of sp³-hybridized carbons (Fsp3) is 0.444. The molecular weight excluding hydrogens is 306 g/mol. The summed E-state index contributed by atoms with van der Waals surface area (Å²) < 4.78 is 10.1. The van der Waals surface area contributed by atoms with Gasteiger partial charge in [-0.25, -0.2) is 0 Å². The molecule has 3 heterocycles. The number of carbonyl (C=O) groups excluding carboxylic acids is 1. The number of benzene rings is 1. The molecule has 24 heavy (non-hydrogen) atoms. The Labute approximate surface area is 141 Å². The van der Waals surface area contributed by atoms with Crippen molar-refractivity contribution in [3.8, 4) is 5.75 Å². The Kier molecular flexibility index (Phi) is 3.76. The molecule has 126 valence electrons. The Hall–Kier alpha value is -2.34.